The number of benzene rings is 2. The zero-order valence-electron chi connectivity index (χ0n) is 20.7. The highest BCUT2D eigenvalue weighted by molar-refractivity contribution is 9.10. The summed E-state index contributed by atoms with van der Waals surface area (Å²) in [7, 11) is 1.56. The predicted octanol–water partition coefficient (Wildman–Crippen LogP) is 4.36. The Hall–Kier alpha value is -3.17. The number of fused-ring (bicyclic) bond motifs is 1. The van der Waals surface area contributed by atoms with E-state index in [1.807, 2.05) is 50.3 Å². The number of methoxy groups -OCH3 is 1. The maximum Gasteiger partial charge on any atom is 0.338 e. The predicted molar refractivity (Wildman–Crippen MR) is 143 cm³/mol. The molecule has 0 saturated heterocycles. The zero-order chi connectivity index (χ0) is 26.0. The van der Waals surface area contributed by atoms with Gasteiger partial charge in [-0.1, -0.05) is 45.5 Å². The number of aromatic nitrogens is 1. The second-order valence-corrected chi connectivity index (χ2v) is 10.4. The average Bonchev–Trinajstić information content (AvgIpc) is 3.14. The van der Waals surface area contributed by atoms with Crippen molar-refractivity contribution in [3.63, 3.8) is 0 Å². The molecule has 1 aliphatic heterocycles. The molecule has 2 heterocycles. The molecule has 36 heavy (non-hydrogen) atoms. The minimum Gasteiger partial charge on any atom is -0.493 e. The molecule has 2 aromatic carbocycles. The molecular weight excluding hydrogens is 544 g/mol. The van der Waals surface area contributed by atoms with Crippen molar-refractivity contribution in [2.45, 2.75) is 39.8 Å². The molecule has 3 aromatic rings. The quantitative estimate of drug-likeness (QED) is 0.394. The number of carbonyl (C=O) groups is 1. The molecular formula is C27H27BrN2O5S. The number of thiazole rings is 1. The molecule has 0 bridgehead atoms. The Labute approximate surface area is 221 Å². The Morgan fingerprint density at radius 3 is 2.56 bits per heavy atom. The first-order chi connectivity index (χ1) is 17.2. The van der Waals surface area contributed by atoms with Crippen molar-refractivity contribution >= 4 is 39.3 Å². The van der Waals surface area contributed by atoms with Crippen LogP contribution in [0.15, 0.2) is 68.0 Å². The average molecular weight is 571 g/mol. The fraction of sp³-hybridized carbons (Fsp3) is 0.296. The summed E-state index contributed by atoms with van der Waals surface area (Å²) >= 11 is 4.72. The van der Waals surface area contributed by atoms with Gasteiger partial charge in [-0.15, -0.1) is 0 Å². The highest BCUT2D eigenvalue weighted by Crippen LogP contribution is 2.36. The number of hydrogen-bond acceptors (Lipinski definition) is 7. The van der Waals surface area contributed by atoms with Gasteiger partial charge < -0.3 is 14.2 Å². The first kappa shape index (κ1) is 25.9. The molecule has 0 spiro atoms. The molecule has 1 aromatic heterocycles. The lowest BCUT2D eigenvalue weighted by atomic mass is 9.95. The Bertz CT molecular complexity index is 1500. The van der Waals surface area contributed by atoms with Gasteiger partial charge in [0.25, 0.3) is 5.56 Å². The molecule has 0 aliphatic carbocycles. The number of rotatable bonds is 7. The molecule has 188 valence electrons. The van der Waals surface area contributed by atoms with Gasteiger partial charge in [0.2, 0.25) is 0 Å². The lowest BCUT2D eigenvalue weighted by Gasteiger charge is -2.25. The summed E-state index contributed by atoms with van der Waals surface area (Å²) in [6.45, 7) is 7.58. The SMILES string of the molecule is CCOC(=O)C1=C(C)N=c2s/c(=C\c3ccc(Br)cc3)c(=O)n2[C@H]1c1ccc(OC(C)C)c(OC)c1. The number of esters is 1. The van der Waals surface area contributed by atoms with Gasteiger partial charge in [-0.25, -0.2) is 9.79 Å². The summed E-state index contributed by atoms with van der Waals surface area (Å²) in [4.78, 5) is 31.9. The Kier molecular flexibility index (Phi) is 7.80. The Morgan fingerprint density at radius 1 is 1.19 bits per heavy atom. The number of hydrogen-bond donors (Lipinski definition) is 0. The lowest BCUT2D eigenvalue weighted by Crippen LogP contribution is -2.40. The molecule has 0 radical (unpaired) electrons. The topological polar surface area (TPSA) is 79.1 Å². The van der Waals surface area contributed by atoms with Crippen LogP contribution in [0.2, 0.25) is 0 Å². The summed E-state index contributed by atoms with van der Waals surface area (Å²) in [6.07, 6.45) is 1.79. The second-order valence-electron chi connectivity index (χ2n) is 8.43. The standard InChI is InChI=1S/C27H27BrN2O5S/c1-6-34-26(32)23-16(4)29-27-30(25(31)22(36-27)13-17-7-10-19(28)11-8-17)24(23)18-9-12-20(35-15(2)3)21(14-18)33-5/h7-15,24H,6H2,1-5H3/b22-13-/t24-/m0/s1. The van der Waals surface area contributed by atoms with Gasteiger partial charge in [0.1, 0.15) is 0 Å². The van der Waals surface area contributed by atoms with E-state index in [9.17, 15) is 9.59 Å². The number of allylic oxidation sites excluding steroid dienone is 1. The summed E-state index contributed by atoms with van der Waals surface area (Å²) in [6, 6.07) is 12.4. The van der Waals surface area contributed by atoms with Gasteiger partial charge >= 0.3 is 5.97 Å². The molecule has 1 aliphatic rings. The van der Waals surface area contributed by atoms with Crippen LogP contribution in [0.5, 0.6) is 11.5 Å². The van der Waals surface area contributed by atoms with Crippen LogP contribution in [0, 0.1) is 0 Å². The number of ether oxygens (including phenoxy) is 3. The molecule has 0 fully saturated rings. The largest absolute Gasteiger partial charge is 0.493 e. The minimum atomic E-state index is -0.727. The van der Waals surface area contributed by atoms with Crippen LogP contribution in [0.1, 0.15) is 44.9 Å². The molecule has 9 heteroatoms. The summed E-state index contributed by atoms with van der Waals surface area (Å²) in [5.74, 6) is 0.584. The van der Waals surface area contributed by atoms with Crippen molar-refractivity contribution in [1.29, 1.82) is 0 Å². The zero-order valence-corrected chi connectivity index (χ0v) is 23.1. The van der Waals surface area contributed by atoms with Crippen molar-refractivity contribution in [1.82, 2.24) is 4.57 Å². The van der Waals surface area contributed by atoms with Crippen LogP contribution in [0.25, 0.3) is 6.08 Å². The van der Waals surface area contributed by atoms with Gasteiger partial charge in [0.05, 0.1) is 41.7 Å². The summed E-state index contributed by atoms with van der Waals surface area (Å²) in [5, 5.41) is 0. The van der Waals surface area contributed by atoms with Crippen molar-refractivity contribution in [3.8, 4) is 11.5 Å². The van der Waals surface area contributed by atoms with E-state index in [0.29, 0.717) is 37.7 Å². The normalized spacial score (nSPS) is 15.5. The number of nitrogens with zero attached hydrogens (tertiary/aromatic N) is 2. The molecule has 0 amide bonds. The van der Waals surface area contributed by atoms with Gasteiger partial charge in [0.15, 0.2) is 16.3 Å². The maximum atomic E-state index is 13.7. The van der Waals surface area contributed by atoms with E-state index in [0.717, 1.165) is 10.0 Å². The lowest BCUT2D eigenvalue weighted by molar-refractivity contribution is -0.139. The second kappa shape index (κ2) is 10.8. The van der Waals surface area contributed by atoms with E-state index in [4.69, 9.17) is 14.2 Å². The first-order valence-corrected chi connectivity index (χ1v) is 13.1. The van der Waals surface area contributed by atoms with E-state index >= 15 is 0 Å². The third kappa shape index (κ3) is 5.17. The highest BCUT2D eigenvalue weighted by Gasteiger charge is 2.34. The van der Waals surface area contributed by atoms with Gasteiger partial charge in [-0.05, 0) is 69.2 Å². The van der Waals surface area contributed by atoms with E-state index in [1.54, 1.807) is 37.7 Å². The van der Waals surface area contributed by atoms with Crippen LogP contribution >= 0.6 is 27.3 Å². The van der Waals surface area contributed by atoms with Crippen LogP contribution in [0.4, 0.5) is 0 Å². The van der Waals surface area contributed by atoms with E-state index in [-0.39, 0.29) is 18.3 Å². The third-order valence-corrected chi connectivity index (χ3v) is 7.06. The fourth-order valence-electron chi connectivity index (χ4n) is 4.02. The third-order valence-electron chi connectivity index (χ3n) is 5.55. The highest BCUT2D eigenvalue weighted by atomic mass is 79.9. The van der Waals surface area contributed by atoms with Crippen molar-refractivity contribution in [2.24, 2.45) is 4.99 Å². The molecule has 1 atom stereocenters. The number of carbonyl (C=O) groups excluding carboxylic acids is 1. The van der Waals surface area contributed by atoms with E-state index < -0.39 is 12.0 Å². The molecule has 0 unspecified atom stereocenters. The smallest absolute Gasteiger partial charge is 0.338 e. The fourth-order valence-corrected chi connectivity index (χ4v) is 5.33. The summed E-state index contributed by atoms with van der Waals surface area (Å²) < 4.78 is 19.8. The molecule has 0 saturated carbocycles. The van der Waals surface area contributed by atoms with Crippen molar-refractivity contribution in [3.05, 3.63) is 89.0 Å². The van der Waals surface area contributed by atoms with Crippen molar-refractivity contribution in [2.75, 3.05) is 13.7 Å². The van der Waals surface area contributed by atoms with Crippen molar-refractivity contribution < 1.29 is 19.0 Å². The van der Waals surface area contributed by atoms with Crippen LogP contribution in [0.3, 0.4) is 0 Å². The molecule has 0 N–H and O–H groups in total. The first-order valence-electron chi connectivity index (χ1n) is 11.5. The number of halogens is 1. The Morgan fingerprint density at radius 2 is 1.92 bits per heavy atom. The molecule has 7 nitrogen and oxygen atoms in total. The maximum absolute atomic E-state index is 13.7. The minimum absolute atomic E-state index is 0.0433. The monoisotopic (exact) mass is 570 g/mol. The van der Waals surface area contributed by atoms with Gasteiger partial charge in [-0.2, -0.15) is 0 Å². The molecule has 4 rings (SSSR count). The van der Waals surface area contributed by atoms with Gasteiger partial charge in [-0.3, -0.25) is 9.36 Å². The summed E-state index contributed by atoms with van der Waals surface area (Å²) in [5.41, 5.74) is 2.17. The van der Waals surface area contributed by atoms with Crippen LogP contribution in [-0.2, 0) is 9.53 Å². The van der Waals surface area contributed by atoms with Gasteiger partial charge in [0, 0.05) is 4.47 Å². The van der Waals surface area contributed by atoms with Crippen LogP contribution in [-0.4, -0.2) is 30.4 Å². The van der Waals surface area contributed by atoms with Crippen LogP contribution < -0.4 is 24.4 Å². The van der Waals surface area contributed by atoms with E-state index in [2.05, 4.69) is 20.9 Å². The van der Waals surface area contributed by atoms with E-state index in [1.165, 1.54) is 11.3 Å². The Balaban J connectivity index is 1.94.